The molecule has 0 radical (unpaired) electrons. The molecule has 0 spiro atoms. The van der Waals surface area contributed by atoms with Crippen LogP contribution in [0.2, 0.25) is 0 Å². The molecule has 0 unspecified atom stereocenters. The molecular weight excluding hydrogens is 252 g/mol. The van der Waals surface area contributed by atoms with Gasteiger partial charge in [-0.1, -0.05) is 24.3 Å². The van der Waals surface area contributed by atoms with Gasteiger partial charge in [0.1, 0.15) is 0 Å². The average molecular weight is 272 g/mol. The molecule has 0 fully saturated rings. The van der Waals surface area contributed by atoms with Crippen LogP contribution in [0.4, 0.5) is 11.4 Å². The van der Waals surface area contributed by atoms with E-state index in [0.29, 0.717) is 0 Å². The van der Waals surface area contributed by atoms with Crippen LogP contribution in [-0.2, 0) is 6.54 Å². The Kier molecular flexibility index (Phi) is 4.74. The van der Waals surface area contributed by atoms with Crippen molar-refractivity contribution in [1.29, 1.82) is 0 Å². The summed E-state index contributed by atoms with van der Waals surface area (Å²) in [4.78, 5) is 3.43. The quantitative estimate of drug-likeness (QED) is 0.825. The zero-order valence-electron chi connectivity index (χ0n) is 11.7. The topological polar surface area (TPSA) is 15.3 Å². The summed E-state index contributed by atoms with van der Waals surface area (Å²) in [5.74, 6) is 0. The molecule has 0 saturated carbocycles. The number of thioether (sulfide) groups is 1. The summed E-state index contributed by atoms with van der Waals surface area (Å²) in [5, 5.41) is 3.50. The van der Waals surface area contributed by atoms with Gasteiger partial charge in [-0.25, -0.2) is 0 Å². The largest absolute Gasteiger partial charge is 0.379 e. The van der Waals surface area contributed by atoms with Crippen molar-refractivity contribution in [3.8, 4) is 0 Å². The first-order valence-corrected chi connectivity index (χ1v) is 7.56. The van der Waals surface area contributed by atoms with E-state index < -0.39 is 0 Å². The lowest BCUT2D eigenvalue weighted by Crippen LogP contribution is -2.12. The smallest absolute Gasteiger partial charge is 0.0596 e. The van der Waals surface area contributed by atoms with Crippen LogP contribution in [0.15, 0.2) is 53.4 Å². The lowest BCUT2D eigenvalue weighted by molar-refractivity contribution is 1.10. The molecule has 2 rings (SSSR count). The van der Waals surface area contributed by atoms with E-state index in [2.05, 4.69) is 79.1 Å². The Labute approximate surface area is 119 Å². The van der Waals surface area contributed by atoms with Crippen molar-refractivity contribution in [2.75, 3.05) is 30.6 Å². The molecule has 2 nitrogen and oxygen atoms in total. The van der Waals surface area contributed by atoms with Crippen molar-refractivity contribution < 1.29 is 0 Å². The maximum absolute atomic E-state index is 3.50. The molecule has 0 amide bonds. The summed E-state index contributed by atoms with van der Waals surface area (Å²) in [7, 11) is 4.13. The lowest BCUT2D eigenvalue weighted by Gasteiger charge is -2.18. The highest BCUT2D eigenvalue weighted by atomic mass is 32.2. The summed E-state index contributed by atoms with van der Waals surface area (Å²) in [6.45, 7) is 0.847. The Bertz CT molecular complexity index is 521. The summed E-state index contributed by atoms with van der Waals surface area (Å²) in [6.07, 6.45) is 2.10. The highest BCUT2D eigenvalue weighted by Crippen LogP contribution is 2.24. The van der Waals surface area contributed by atoms with Crippen LogP contribution in [0.1, 0.15) is 5.56 Å². The fourth-order valence-corrected chi connectivity index (χ4v) is 2.36. The second-order valence-electron chi connectivity index (χ2n) is 4.61. The summed E-state index contributed by atoms with van der Waals surface area (Å²) < 4.78 is 0. The van der Waals surface area contributed by atoms with E-state index in [-0.39, 0.29) is 0 Å². The SMILES string of the molecule is CSc1ccc(CNc2ccccc2N(C)C)cc1. The van der Waals surface area contributed by atoms with Crippen molar-refractivity contribution in [2.45, 2.75) is 11.4 Å². The van der Waals surface area contributed by atoms with Gasteiger partial charge in [0.05, 0.1) is 11.4 Å². The average Bonchev–Trinajstić information content (AvgIpc) is 2.46. The number of para-hydroxylation sites is 2. The van der Waals surface area contributed by atoms with Crippen molar-refractivity contribution in [2.24, 2.45) is 0 Å². The van der Waals surface area contributed by atoms with E-state index in [9.17, 15) is 0 Å². The van der Waals surface area contributed by atoms with Gasteiger partial charge < -0.3 is 10.2 Å². The third-order valence-electron chi connectivity index (χ3n) is 3.03. The Hall–Kier alpha value is -1.61. The predicted octanol–water partition coefficient (Wildman–Crippen LogP) is 4.09. The molecule has 0 bridgehead atoms. The zero-order chi connectivity index (χ0) is 13.7. The lowest BCUT2D eigenvalue weighted by atomic mass is 10.2. The third kappa shape index (κ3) is 3.67. The van der Waals surface area contributed by atoms with Crippen LogP contribution in [0.5, 0.6) is 0 Å². The number of benzene rings is 2. The minimum atomic E-state index is 0.847. The highest BCUT2D eigenvalue weighted by Gasteiger charge is 2.02. The van der Waals surface area contributed by atoms with Crippen LogP contribution in [0.25, 0.3) is 0 Å². The molecule has 0 aliphatic rings. The van der Waals surface area contributed by atoms with Crippen LogP contribution in [-0.4, -0.2) is 20.4 Å². The number of hydrogen-bond donors (Lipinski definition) is 1. The normalized spacial score (nSPS) is 10.3. The van der Waals surface area contributed by atoms with Gasteiger partial charge in [-0.3, -0.25) is 0 Å². The van der Waals surface area contributed by atoms with Gasteiger partial charge in [0, 0.05) is 25.5 Å². The Morgan fingerprint density at radius 2 is 1.68 bits per heavy atom. The number of hydrogen-bond acceptors (Lipinski definition) is 3. The van der Waals surface area contributed by atoms with E-state index in [4.69, 9.17) is 0 Å². The Morgan fingerprint density at radius 3 is 2.32 bits per heavy atom. The van der Waals surface area contributed by atoms with Crippen LogP contribution in [0, 0.1) is 0 Å². The van der Waals surface area contributed by atoms with Crippen LogP contribution in [0.3, 0.4) is 0 Å². The summed E-state index contributed by atoms with van der Waals surface area (Å²) in [5.41, 5.74) is 3.68. The maximum atomic E-state index is 3.50. The molecule has 0 heterocycles. The maximum Gasteiger partial charge on any atom is 0.0596 e. The monoisotopic (exact) mass is 272 g/mol. The van der Waals surface area contributed by atoms with E-state index in [1.165, 1.54) is 21.8 Å². The molecule has 3 heteroatoms. The number of rotatable bonds is 5. The van der Waals surface area contributed by atoms with Gasteiger partial charge in [0.25, 0.3) is 0 Å². The fraction of sp³-hybridized carbons (Fsp3) is 0.250. The van der Waals surface area contributed by atoms with Gasteiger partial charge in [-0.2, -0.15) is 0 Å². The predicted molar refractivity (Wildman–Crippen MR) is 86.3 cm³/mol. The molecule has 100 valence electrons. The Balaban J connectivity index is 2.05. The number of nitrogens with one attached hydrogen (secondary N) is 1. The van der Waals surface area contributed by atoms with E-state index in [1.807, 2.05) is 0 Å². The molecule has 0 saturated heterocycles. The number of anilines is 2. The first kappa shape index (κ1) is 13.8. The molecule has 2 aromatic rings. The first-order valence-electron chi connectivity index (χ1n) is 6.34. The third-order valence-corrected chi connectivity index (χ3v) is 3.77. The minimum Gasteiger partial charge on any atom is -0.379 e. The summed E-state index contributed by atoms with van der Waals surface area (Å²) in [6, 6.07) is 17.1. The van der Waals surface area contributed by atoms with Crippen molar-refractivity contribution in [3.05, 3.63) is 54.1 Å². The molecule has 0 atom stereocenters. The van der Waals surface area contributed by atoms with Gasteiger partial charge in [-0.15, -0.1) is 11.8 Å². The fourth-order valence-electron chi connectivity index (χ4n) is 1.95. The molecule has 0 aliphatic carbocycles. The molecule has 1 N–H and O–H groups in total. The van der Waals surface area contributed by atoms with Crippen molar-refractivity contribution >= 4 is 23.1 Å². The Morgan fingerprint density at radius 1 is 1.00 bits per heavy atom. The second-order valence-corrected chi connectivity index (χ2v) is 5.49. The summed E-state index contributed by atoms with van der Waals surface area (Å²) >= 11 is 1.77. The first-order chi connectivity index (χ1) is 9.20. The van der Waals surface area contributed by atoms with Gasteiger partial charge in [0.15, 0.2) is 0 Å². The van der Waals surface area contributed by atoms with Crippen molar-refractivity contribution in [3.63, 3.8) is 0 Å². The van der Waals surface area contributed by atoms with Gasteiger partial charge in [-0.05, 0) is 36.1 Å². The van der Waals surface area contributed by atoms with Gasteiger partial charge in [0.2, 0.25) is 0 Å². The van der Waals surface area contributed by atoms with Crippen LogP contribution < -0.4 is 10.2 Å². The second kappa shape index (κ2) is 6.53. The number of nitrogens with zero attached hydrogens (tertiary/aromatic N) is 1. The molecule has 2 aromatic carbocycles. The zero-order valence-corrected chi connectivity index (χ0v) is 12.5. The minimum absolute atomic E-state index is 0.847. The molecule has 19 heavy (non-hydrogen) atoms. The molecular formula is C16H20N2S. The standard InChI is InChI=1S/C16H20N2S/c1-18(2)16-7-5-4-6-15(16)17-12-13-8-10-14(19-3)11-9-13/h4-11,17H,12H2,1-3H3. The van der Waals surface area contributed by atoms with E-state index in [1.54, 1.807) is 11.8 Å². The van der Waals surface area contributed by atoms with Crippen molar-refractivity contribution in [1.82, 2.24) is 0 Å². The highest BCUT2D eigenvalue weighted by molar-refractivity contribution is 7.98. The van der Waals surface area contributed by atoms with E-state index in [0.717, 1.165) is 6.54 Å². The van der Waals surface area contributed by atoms with Crippen LogP contribution >= 0.6 is 11.8 Å². The molecule has 0 aliphatic heterocycles. The van der Waals surface area contributed by atoms with E-state index >= 15 is 0 Å². The molecule has 0 aromatic heterocycles. The van der Waals surface area contributed by atoms with Gasteiger partial charge >= 0.3 is 0 Å².